The van der Waals surface area contributed by atoms with Crippen molar-refractivity contribution in [2.75, 3.05) is 13.1 Å². The molecule has 1 unspecified atom stereocenters. The lowest BCUT2D eigenvalue weighted by molar-refractivity contribution is 0.135. The quantitative estimate of drug-likeness (QED) is 0.0617. The molecule has 0 aromatic carbocycles. The first-order chi connectivity index (χ1) is 22.8. The topological polar surface area (TPSA) is 6.48 Å². The van der Waals surface area contributed by atoms with Gasteiger partial charge in [-0.15, -0.1) is 0 Å². The Bertz CT molecular complexity index is 601. The van der Waals surface area contributed by atoms with Crippen LogP contribution in [-0.4, -0.2) is 29.1 Å². The summed E-state index contributed by atoms with van der Waals surface area (Å²) >= 11 is 0. The monoisotopic (exact) mass is 645 g/mol. The fraction of sp³-hybridized carbons (Fsp3) is 0.955. The molecule has 0 spiro atoms. The molecule has 46 heavy (non-hydrogen) atoms. The average molecular weight is 645 g/mol. The van der Waals surface area contributed by atoms with Gasteiger partial charge in [0.05, 0.1) is 0 Å². The van der Waals surface area contributed by atoms with Crippen LogP contribution in [0.1, 0.15) is 252 Å². The van der Waals surface area contributed by atoms with E-state index in [9.17, 15) is 0 Å². The summed E-state index contributed by atoms with van der Waals surface area (Å²) in [4.78, 5) is 5.45. The van der Waals surface area contributed by atoms with Crippen molar-refractivity contribution in [3.05, 3.63) is 12.4 Å². The molecule has 2 heteroatoms. The van der Waals surface area contributed by atoms with Gasteiger partial charge in [0.15, 0.2) is 0 Å². The minimum atomic E-state index is 0.638. The van der Waals surface area contributed by atoms with Crippen LogP contribution in [0.2, 0.25) is 0 Å². The smallest absolute Gasteiger partial charge is 0.101 e. The van der Waals surface area contributed by atoms with Crippen molar-refractivity contribution >= 4 is 0 Å². The Kier molecular flexibility index (Phi) is 33.6. The molecule has 0 saturated carbocycles. The first-order valence-corrected chi connectivity index (χ1v) is 22.0. The third kappa shape index (κ3) is 27.3. The largest absolute Gasteiger partial charge is 0.356 e. The van der Waals surface area contributed by atoms with Gasteiger partial charge in [-0.2, -0.15) is 0 Å². The molecule has 1 aliphatic rings. The molecule has 0 aromatic heterocycles. The number of unbranched alkanes of at least 4 members (excludes halogenated alkanes) is 32. The van der Waals surface area contributed by atoms with Crippen molar-refractivity contribution in [3.8, 4) is 0 Å². The van der Waals surface area contributed by atoms with Gasteiger partial charge < -0.3 is 9.80 Å². The second-order valence-corrected chi connectivity index (χ2v) is 15.4. The van der Waals surface area contributed by atoms with Gasteiger partial charge in [-0.3, -0.25) is 0 Å². The van der Waals surface area contributed by atoms with Crippen LogP contribution < -0.4 is 0 Å². The van der Waals surface area contributed by atoms with E-state index in [1.807, 2.05) is 0 Å². The van der Waals surface area contributed by atoms with E-state index in [2.05, 4.69) is 43.0 Å². The number of nitrogens with zero attached hydrogens (tertiary/aromatic N) is 2. The summed E-state index contributed by atoms with van der Waals surface area (Å²) in [5, 5.41) is 0. The molecule has 0 radical (unpaired) electrons. The Morgan fingerprint density at radius 1 is 0.283 bits per heavy atom. The minimum absolute atomic E-state index is 0.638. The van der Waals surface area contributed by atoms with E-state index < -0.39 is 0 Å². The van der Waals surface area contributed by atoms with E-state index >= 15 is 0 Å². The SMILES string of the molecule is CCCCCCCCCCCCCCCCC1N(CCCCCCCCCCC)C=CN1CCCCCCCCCCCCCC. The predicted molar refractivity (Wildman–Crippen MR) is 210 cm³/mol. The van der Waals surface area contributed by atoms with Crippen molar-refractivity contribution in [2.24, 2.45) is 0 Å². The third-order valence-corrected chi connectivity index (χ3v) is 10.8. The molecular weight excluding hydrogens is 556 g/mol. The highest BCUT2D eigenvalue weighted by Gasteiger charge is 2.24. The van der Waals surface area contributed by atoms with Crippen LogP contribution in [0.4, 0.5) is 0 Å². The zero-order chi connectivity index (χ0) is 33.0. The molecule has 0 amide bonds. The molecule has 0 N–H and O–H groups in total. The maximum absolute atomic E-state index is 2.73. The maximum Gasteiger partial charge on any atom is 0.101 e. The predicted octanol–water partition coefficient (Wildman–Crippen LogP) is 15.5. The minimum Gasteiger partial charge on any atom is -0.356 e. The molecule has 0 aromatic rings. The molecule has 1 atom stereocenters. The summed E-state index contributed by atoms with van der Waals surface area (Å²) in [6.45, 7) is 9.49. The van der Waals surface area contributed by atoms with E-state index in [0.29, 0.717) is 6.17 Å². The zero-order valence-electron chi connectivity index (χ0n) is 32.5. The second-order valence-electron chi connectivity index (χ2n) is 15.4. The van der Waals surface area contributed by atoms with Crippen molar-refractivity contribution in [1.29, 1.82) is 0 Å². The average Bonchev–Trinajstić information content (AvgIpc) is 3.45. The molecule has 1 aliphatic heterocycles. The molecule has 0 fully saturated rings. The van der Waals surface area contributed by atoms with Crippen LogP contribution in [-0.2, 0) is 0 Å². The molecule has 1 heterocycles. The maximum atomic E-state index is 2.73. The Morgan fingerprint density at radius 2 is 0.500 bits per heavy atom. The van der Waals surface area contributed by atoms with Crippen LogP contribution in [0.5, 0.6) is 0 Å². The van der Waals surface area contributed by atoms with Crippen molar-refractivity contribution in [3.63, 3.8) is 0 Å². The third-order valence-electron chi connectivity index (χ3n) is 10.8. The molecule has 0 aliphatic carbocycles. The summed E-state index contributed by atoms with van der Waals surface area (Å²) in [6, 6.07) is 0. The van der Waals surface area contributed by atoms with Gasteiger partial charge in [0.2, 0.25) is 0 Å². The van der Waals surface area contributed by atoms with Crippen LogP contribution >= 0.6 is 0 Å². The number of hydrogen-bond donors (Lipinski definition) is 0. The van der Waals surface area contributed by atoms with E-state index in [0.717, 1.165) is 0 Å². The Balaban J connectivity index is 2.21. The lowest BCUT2D eigenvalue weighted by Crippen LogP contribution is -2.39. The molecule has 1 rings (SSSR count). The zero-order valence-corrected chi connectivity index (χ0v) is 32.5. The van der Waals surface area contributed by atoms with Gasteiger partial charge in [-0.05, 0) is 25.7 Å². The summed E-state index contributed by atoms with van der Waals surface area (Å²) < 4.78 is 0. The first-order valence-electron chi connectivity index (χ1n) is 22.0. The summed E-state index contributed by atoms with van der Waals surface area (Å²) in [5.74, 6) is 0. The highest BCUT2D eigenvalue weighted by molar-refractivity contribution is 4.97. The highest BCUT2D eigenvalue weighted by atomic mass is 15.4. The Hall–Kier alpha value is -0.660. The molecule has 2 nitrogen and oxygen atoms in total. The van der Waals surface area contributed by atoms with Gasteiger partial charge in [0.25, 0.3) is 0 Å². The standard InChI is InChI=1S/C44H88N2/c1-4-7-10-13-16-19-21-23-24-25-27-30-33-36-39-44-45(40-37-34-31-28-18-15-12-9-6-3)42-43-46(44)41-38-35-32-29-26-22-20-17-14-11-8-5-2/h42-44H,4-41H2,1-3H3. The van der Waals surface area contributed by atoms with Crippen LogP contribution in [0.25, 0.3) is 0 Å². The van der Waals surface area contributed by atoms with Crippen molar-refractivity contribution in [1.82, 2.24) is 9.80 Å². The van der Waals surface area contributed by atoms with Crippen LogP contribution in [0.3, 0.4) is 0 Å². The van der Waals surface area contributed by atoms with E-state index in [1.165, 1.54) is 244 Å². The van der Waals surface area contributed by atoms with Crippen LogP contribution in [0.15, 0.2) is 12.4 Å². The second kappa shape index (κ2) is 35.6. The van der Waals surface area contributed by atoms with Gasteiger partial charge in [0.1, 0.15) is 6.17 Å². The normalized spacial score (nSPS) is 14.7. The molecule has 0 saturated heterocycles. The Labute approximate surface area is 292 Å². The van der Waals surface area contributed by atoms with Gasteiger partial charge in [-0.1, -0.05) is 226 Å². The van der Waals surface area contributed by atoms with Gasteiger partial charge >= 0.3 is 0 Å². The first kappa shape index (κ1) is 43.4. The van der Waals surface area contributed by atoms with E-state index in [4.69, 9.17) is 0 Å². The highest BCUT2D eigenvalue weighted by Crippen LogP contribution is 2.24. The molecular formula is C44H88N2. The van der Waals surface area contributed by atoms with Gasteiger partial charge in [-0.25, -0.2) is 0 Å². The lowest BCUT2D eigenvalue weighted by Gasteiger charge is -2.33. The fourth-order valence-electron chi connectivity index (χ4n) is 7.60. The van der Waals surface area contributed by atoms with E-state index in [1.54, 1.807) is 0 Å². The summed E-state index contributed by atoms with van der Waals surface area (Å²) in [7, 11) is 0. The molecule has 274 valence electrons. The molecule has 0 bridgehead atoms. The van der Waals surface area contributed by atoms with Crippen molar-refractivity contribution < 1.29 is 0 Å². The number of rotatable bonds is 38. The fourth-order valence-corrected chi connectivity index (χ4v) is 7.60. The van der Waals surface area contributed by atoms with Crippen LogP contribution in [0, 0.1) is 0 Å². The van der Waals surface area contributed by atoms with Crippen molar-refractivity contribution in [2.45, 2.75) is 258 Å². The summed E-state index contributed by atoms with van der Waals surface area (Å²) in [5.41, 5.74) is 0. The van der Waals surface area contributed by atoms with Gasteiger partial charge in [0, 0.05) is 25.5 Å². The van der Waals surface area contributed by atoms with E-state index in [-0.39, 0.29) is 0 Å². The Morgan fingerprint density at radius 3 is 0.761 bits per heavy atom. The lowest BCUT2D eigenvalue weighted by atomic mass is 10.0. The number of hydrogen-bond acceptors (Lipinski definition) is 2. The summed E-state index contributed by atoms with van der Waals surface area (Å²) in [6.07, 6.45) is 57.4.